The van der Waals surface area contributed by atoms with Crippen molar-refractivity contribution >= 4 is 17.5 Å². The zero-order valence-corrected chi connectivity index (χ0v) is 15.4. The molecule has 136 valence electrons. The van der Waals surface area contributed by atoms with Crippen LogP contribution in [0.5, 0.6) is 0 Å². The van der Waals surface area contributed by atoms with Crippen molar-refractivity contribution in [2.24, 2.45) is 16.1 Å². The third-order valence-electron chi connectivity index (χ3n) is 5.01. The quantitative estimate of drug-likeness (QED) is 0.886. The average Bonchev–Trinajstić information content (AvgIpc) is 2.89. The van der Waals surface area contributed by atoms with Gasteiger partial charge in [-0.05, 0) is 43.2 Å². The molecule has 0 saturated carbocycles. The number of carbonyl (C=O) groups excluding carboxylic acids is 2. The van der Waals surface area contributed by atoms with Gasteiger partial charge in [0.05, 0.1) is 12.1 Å². The third-order valence-corrected chi connectivity index (χ3v) is 5.01. The average molecular weight is 355 g/mol. The fourth-order valence-electron chi connectivity index (χ4n) is 3.53. The first-order chi connectivity index (χ1) is 12.1. The summed E-state index contributed by atoms with van der Waals surface area (Å²) in [6, 6.07) is 4.24. The molecule has 0 radical (unpaired) electrons. The molecule has 26 heavy (non-hydrogen) atoms. The van der Waals surface area contributed by atoms with Crippen LogP contribution < -0.4 is 5.73 Å². The Morgan fingerprint density at radius 2 is 1.96 bits per heavy atom. The number of hydrogen-bond donors (Lipinski definition) is 1. The minimum absolute atomic E-state index is 0.288. The third kappa shape index (κ3) is 2.96. The van der Waals surface area contributed by atoms with Gasteiger partial charge in [0.2, 0.25) is 0 Å². The van der Waals surface area contributed by atoms with Crippen molar-refractivity contribution in [3.63, 3.8) is 0 Å². The normalized spacial score (nSPS) is 18.9. The molecule has 0 spiro atoms. The van der Waals surface area contributed by atoms with Gasteiger partial charge >= 0.3 is 0 Å². The number of hydrogen-bond acceptors (Lipinski definition) is 3. The van der Waals surface area contributed by atoms with Crippen LogP contribution >= 0.6 is 0 Å². The Morgan fingerprint density at radius 1 is 1.27 bits per heavy atom. The van der Waals surface area contributed by atoms with Crippen molar-refractivity contribution in [2.45, 2.75) is 27.7 Å². The topological polar surface area (TPSA) is 75.8 Å². The van der Waals surface area contributed by atoms with E-state index in [0.29, 0.717) is 24.2 Å². The van der Waals surface area contributed by atoms with Gasteiger partial charge in [0.25, 0.3) is 11.8 Å². The molecule has 6 heteroatoms. The van der Waals surface area contributed by atoms with Gasteiger partial charge in [0, 0.05) is 35.0 Å². The zero-order chi connectivity index (χ0) is 19.2. The molecule has 2 N–H and O–H groups in total. The van der Waals surface area contributed by atoms with Crippen molar-refractivity contribution < 1.29 is 14.0 Å². The number of benzene rings is 1. The summed E-state index contributed by atoms with van der Waals surface area (Å²) in [6.45, 7) is 8.36. The molecular formula is C20H22FN3O2. The maximum absolute atomic E-state index is 13.5. The summed E-state index contributed by atoms with van der Waals surface area (Å²) in [5.74, 6) is -1.26. The molecule has 2 aliphatic rings. The van der Waals surface area contributed by atoms with Crippen LogP contribution in [0.15, 0.2) is 46.1 Å². The van der Waals surface area contributed by atoms with Crippen LogP contribution in [0.2, 0.25) is 0 Å². The fourth-order valence-corrected chi connectivity index (χ4v) is 3.53. The Bertz CT molecular complexity index is 910. The molecule has 1 aromatic carbocycles. The Morgan fingerprint density at radius 3 is 2.58 bits per heavy atom. The molecule has 2 heterocycles. The molecule has 0 aromatic heterocycles. The van der Waals surface area contributed by atoms with Crippen LogP contribution in [-0.4, -0.2) is 35.5 Å². The molecular weight excluding hydrogens is 333 g/mol. The lowest BCUT2D eigenvalue weighted by Gasteiger charge is -2.30. The molecule has 0 saturated heterocycles. The van der Waals surface area contributed by atoms with E-state index in [1.165, 1.54) is 29.3 Å². The first-order valence-electron chi connectivity index (χ1n) is 8.46. The number of aliphatic imine (C=N–C) groups is 1. The SMILES string of the molecule is CC1=NCC2=C1C(C(N)=O)=CN(C(=O)c1ccc(F)c(C)c1)CC2(C)C. The van der Waals surface area contributed by atoms with E-state index in [1.54, 1.807) is 6.92 Å². The standard InChI is InChI=1S/C20H22FN3O2/c1-11-7-13(5-6-16(11)21)19(26)24-9-14(18(22)25)17-12(2)23-8-15(17)20(3,4)10-24/h5-7,9H,8,10H2,1-4H3,(H2,22,25). The van der Waals surface area contributed by atoms with Crippen LogP contribution in [0, 0.1) is 18.2 Å². The first-order valence-corrected chi connectivity index (χ1v) is 8.46. The van der Waals surface area contributed by atoms with E-state index in [0.717, 1.165) is 16.9 Å². The largest absolute Gasteiger partial charge is 0.366 e. The van der Waals surface area contributed by atoms with E-state index in [9.17, 15) is 14.0 Å². The number of rotatable bonds is 2. The van der Waals surface area contributed by atoms with Crippen molar-refractivity contribution in [3.05, 3.63) is 58.1 Å². The lowest BCUT2D eigenvalue weighted by Crippen LogP contribution is -2.36. The number of nitrogens with zero attached hydrogens (tertiary/aromatic N) is 2. The molecule has 0 atom stereocenters. The van der Waals surface area contributed by atoms with Gasteiger partial charge in [-0.2, -0.15) is 0 Å². The molecule has 0 unspecified atom stereocenters. The predicted octanol–water partition coefficient (Wildman–Crippen LogP) is 2.76. The van der Waals surface area contributed by atoms with E-state index < -0.39 is 5.91 Å². The number of halogens is 1. The summed E-state index contributed by atoms with van der Waals surface area (Å²) in [5.41, 5.74) is 8.78. The minimum Gasteiger partial charge on any atom is -0.366 e. The molecule has 2 aliphatic heterocycles. The first kappa shape index (κ1) is 18.0. The van der Waals surface area contributed by atoms with Crippen LogP contribution in [0.3, 0.4) is 0 Å². The van der Waals surface area contributed by atoms with Crippen LogP contribution in [-0.2, 0) is 4.79 Å². The molecule has 0 fully saturated rings. The maximum Gasteiger partial charge on any atom is 0.257 e. The highest BCUT2D eigenvalue weighted by Gasteiger charge is 2.38. The summed E-state index contributed by atoms with van der Waals surface area (Å²) in [7, 11) is 0. The molecule has 0 bridgehead atoms. The van der Waals surface area contributed by atoms with Crippen molar-refractivity contribution in [3.8, 4) is 0 Å². The number of aryl methyl sites for hydroxylation is 1. The zero-order valence-electron chi connectivity index (χ0n) is 15.4. The summed E-state index contributed by atoms with van der Waals surface area (Å²) >= 11 is 0. The molecule has 0 aliphatic carbocycles. The second-order valence-corrected chi connectivity index (χ2v) is 7.44. The maximum atomic E-state index is 13.5. The van der Waals surface area contributed by atoms with E-state index in [2.05, 4.69) is 4.99 Å². The number of carbonyl (C=O) groups is 2. The van der Waals surface area contributed by atoms with Crippen LogP contribution in [0.1, 0.15) is 36.7 Å². The van der Waals surface area contributed by atoms with E-state index in [4.69, 9.17) is 5.73 Å². The summed E-state index contributed by atoms with van der Waals surface area (Å²) in [6.07, 6.45) is 1.51. The summed E-state index contributed by atoms with van der Waals surface area (Å²) in [5, 5.41) is 0. The highest BCUT2D eigenvalue weighted by molar-refractivity contribution is 6.15. The smallest absolute Gasteiger partial charge is 0.257 e. The van der Waals surface area contributed by atoms with Gasteiger partial charge in [-0.1, -0.05) is 13.8 Å². The number of amides is 2. The van der Waals surface area contributed by atoms with Gasteiger partial charge in [-0.25, -0.2) is 4.39 Å². The van der Waals surface area contributed by atoms with Crippen molar-refractivity contribution in [1.82, 2.24) is 4.90 Å². The highest BCUT2D eigenvalue weighted by Crippen LogP contribution is 2.39. The molecule has 5 nitrogen and oxygen atoms in total. The highest BCUT2D eigenvalue weighted by atomic mass is 19.1. The Labute approximate surface area is 152 Å². The van der Waals surface area contributed by atoms with Crippen LogP contribution in [0.4, 0.5) is 4.39 Å². The number of nitrogens with two attached hydrogens (primary N) is 1. The van der Waals surface area contributed by atoms with Crippen LogP contribution in [0.25, 0.3) is 0 Å². The fraction of sp³-hybridized carbons (Fsp3) is 0.350. The molecule has 3 rings (SSSR count). The lowest BCUT2D eigenvalue weighted by atomic mass is 9.80. The van der Waals surface area contributed by atoms with Gasteiger partial charge in [0.15, 0.2) is 0 Å². The summed E-state index contributed by atoms with van der Waals surface area (Å²) < 4.78 is 13.5. The Balaban J connectivity index is 2.09. The van der Waals surface area contributed by atoms with E-state index in [-0.39, 0.29) is 22.7 Å². The second kappa shape index (κ2) is 6.20. The Hall–Kier alpha value is -2.76. The van der Waals surface area contributed by atoms with Gasteiger partial charge < -0.3 is 10.6 Å². The van der Waals surface area contributed by atoms with Gasteiger partial charge in [0.1, 0.15) is 5.82 Å². The minimum atomic E-state index is -0.597. The number of primary amides is 1. The van der Waals surface area contributed by atoms with Gasteiger partial charge in [-0.15, -0.1) is 0 Å². The van der Waals surface area contributed by atoms with E-state index >= 15 is 0 Å². The van der Waals surface area contributed by atoms with E-state index in [1.807, 2.05) is 20.8 Å². The second-order valence-electron chi connectivity index (χ2n) is 7.44. The van der Waals surface area contributed by atoms with Gasteiger partial charge in [-0.3, -0.25) is 14.6 Å². The van der Waals surface area contributed by atoms with Crippen molar-refractivity contribution in [2.75, 3.05) is 13.1 Å². The molecule has 2 amide bonds. The Kier molecular flexibility index (Phi) is 4.30. The molecule has 1 aromatic rings. The monoisotopic (exact) mass is 355 g/mol. The predicted molar refractivity (Wildman–Crippen MR) is 98.2 cm³/mol. The summed E-state index contributed by atoms with van der Waals surface area (Å²) in [4.78, 5) is 31.1. The van der Waals surface area contributed by atoms with Crippen molar-refractivity contribution in [1.29, 1.82) is 0 Å². The lowest BCUT2D eigenvalue weighted by molar-refractivity contribution is -0.114.